The van der Waals surface area contributed by atoms with E-state index in [0.29, 0.717) is 15.8 Å². The van der Waals surface area contributed by atoms with Crippen LogP contribution in [0.1, 0.15) is 13.8 Å². The van der Waals surface area contributed by atoms with Gasteiger partial charge in [-0.1, -0.05) is 23.2 Å². The van der Waals surface area contributed by atoms with E-state index in [0.717, 1.165) is 5.06 Å². The van der Waals surface area contributed by atoms with Crippen LogP contribution in [0.25, 0.3) is 0 Å². The van der Waals surface area contributed by atoms with Crippen molar-refractivity contribution in [2.45, 2.75) is 13.8 Å². The molecule has 1 aliphatic heterocycles. The van der Waals surface area contributed by atoms with Crippen LogP contribution in [0.3, 0.4) is 0 Å². The van der Waals surface area contributed by atoms with Gasteiger partial charge in [-0.25, -0.2) is 4.79 Å². The van der Waals surface area contributed by atoms with Crippen molar-refractivity contribution in [3.63, 3.8) is 0 Å². The van der Waals surface area contributed by atoms with Gasteiger partial charge in [0.2, 0.25) is 0 Å². The molecular weight excluding hydrogens is 305 g/mol. The van der Waals surface area contributed by atoms with Crippen LogP contribution in [0.15, 0.2) is 18.2 Å². The van der Waals surface area contributed by atoms with Crippen LogP contribution in [0.5, 0.6) is 5.75 Å². The summed E-state index contributed by atoms with van der Waals surface area (Å²) in [4.78, 5) is 28.2. The van der Waals surface area contributed by atoms with E-state index in [-0.39, 0.29) is 19.1 Å². The zero-order valence-electron chi connectivity index (χ0n) is 11.0. The SMILES string of the molecule is CC1(C)C(=O)ON(CCOc2ccc(Cl)cc2Cl)C1=O. The average Bonchev–Trinajstić information content (AvgIpc) is 2.56. The molecule has 0 aromatic heterocycles. The van der Waals surface area contributed by atoms with Crippen LogP contribution < -0.4 is 4.74 Å². The van der Waals surface area contributed by atoms with E-state index < -0.39 is 11.4 Å². The normalized spacial score (nSPS) is 17.3. The Hall–Kier alpha value is -1.46. The summed E-state index contributed by atoms with van der Waals surface area (Å²) in [5.74, 6) is -0.492. The third-order valence-corrected chi connectivity index (χ3v) is 3.44. The lowest BCUT2D eigenvalue weighted by molar-refractivity contribution is -0.179. The van der Waals surface area contributed by atoms with Gasteiger partial charge >= 0.3 is 5.97 Å². The number of carbonyl (C=O) groups excluding carboxylic acids is 2. The summed E-state index contributed by atoms with van der Waals surface area (Å²) >= 11 is 11.7. The number of hydrogen-bond acceptors (Lipinski definition) is 4. The number of hydrogen-bond donors (Lipinski definition) is 0. The summed E-state index contributed by atoms with van der Waals surface area (Å²) in [6.45, 7) is 3.33. The molecule has 5 nitrogen and oxygen atoms in total. The van der Waals surface area contributed by atoms with Crippen LogP contribution in [0, 0.1) is 5.41 Å². The molecule has 0 N–H and O–H groups in total. The number of halogens is 2. The molecule has 1 fully saturated rings. The van der Waals surface area contributed by atoms with Crippen molar-refractivity contribution in [3.8, 4) is 5.75 Å². The van der Waals surface area contributed by atoms with E-state index in [1.54, 1.807) is 18.2 Å². The van der Waals surface area contributed by atoms with Crippen LogP contribution in [0.2, 0.25) is 10.0 Å². The maximum Gasteiger partial charge on any atom is 0.347 e. The second kappa shape index (κ2) is 5.50. The largest absolute Gasteiger partial charge is 0.490 e. The molecule has 0 bridgehead atoms. The van der Waals surface area contributed by atoms with Gasteiger partial charge in [-0.2, -0.15) is 5.06 Å². The van der Waals surface area contributed by atoms with Crippen LogP contribution in [0.4, 0.5) is 0 Å². The molecule has 1 heterocycles. The van der Waals surface area contributed by atoms with Crippen molar-refractivity contribution in [1.29, 1.82) is 0 Å². The average molecular weight is 318 g/mol. The molecule has 7 heteroatoms. The lowest BCUT2D eigenvalue weighted by Gasteiger charge is -2.15. The Balaban J connectivity index is 1.91. The standard InChI is InChI=1S/C13H13Cl2NO4/c1-13(2)11(17)16(20-12(13)18)5-6-19-10-4-3-8(14)7-9(10)15/h3-4,7H,5-6H2,1-2H3. The van der Waals surface area contributed by atoms with Gasteiger partial charge in [-0.05, 0) is 32.0 Å². The van der Waals surface area contributed by atoms with E-state index in [9.17, 15) is 9.59 Å². The molecule has 1 saturated heterocycles. The molecule has 0 radical (unpaired) electrons. The molecular formula is C13H13Cl2NO4. The summed E-state index contributed by atoms with van der Waals surface area (Å²) in [5, 5.41) is 1.89. The first-order chi connectivity index (χ1) is 9.32. The lowest BCUT2D eigenvalue weighted by atomic mass is 9.94. The van der Waals surface area contributed by atoms with Crippen molar-refractivity contribution >= 4 is 35.1 Å². The van der Waals surface area contributed by atoms with Crippen LogP contribution in [-0.2, 0) is 14.4 Å². The summed E-state index contributed by atoms with van der Waals surface area (Å²) in [6, 6.07) is 4.84. The fraction of sp³-hybridized carbons (Fsp3) is 0.385. The van der Waals surface area contributed by atoms with Gasteiger partial charge in [0.1, 0.15) is 17.8 Å². The molecule has 0 unspecified atom stereocenters. The Morgan fingerprint density at radius 3 is 2.55 bits per heavy atom. The van der Waals surface area contributed by atoms with Gasteiger partial charge in [-0.3, -0.25) is 4.79 Å². The Morgan fingerprint density at radius 2 is 2.00 bits per heavy atom. The third kappa shape index (κ3) is 2.83. The highest BCUT2D eigenvalue weighted by atomic mass is 35.5. The fourth-order valence-electron chi connectivity index (χ4n) is 1.63. The summed E-state index contributed by atoms with van der Waals surface area (Å²) in [5.41, 5.74) is -1.14. The first kappa shape index (κ1) is 14.9. The van der Waals surface area contributed by atoms with Gasteiger partial charge in [0.15, 0.2) is 0 Å². The maximum atomic E-state index is 11.9. The molecule has 2 rings (SSSR count). The number of carbonyl (C=O) groups is 2. The Labute approximate surface area is 126 Å². The van der Waals surface area contributed by atoms with Gasteiger partial charge in [0.25, 0.3) is 5.91 Å². The van der Waals surface area contributed by atoms with Crippen LogP contribution >= 0.6 is 23.2 Å². The number of benzene rings is 1. The van der Waals surface area contributed by atoms with Gasteiger partial charge in [-0.15, -0.1) is 0 Å². The molecule has 1 amide bonds. The second-order valence-electron chi connectivity index (χ2n) is 4.83. The smallest absolute Gasteiger partial charge is 0.347 e. The van der Waals surface area contributed by atoms with E-state index in [1.165, 1.54) is 13.8 Å². The zero-order chi connectivity index (χ0) is 14.9. The highest BCUT2D eigenvalue weighted by Crippen LogP contribution is 2.29. The molecule has 0 spiro atoms. The highest BCUT2D eigenvalue weighted by Gasteiger charge is 2.49. The summed E-state index contributed by atoms with van der Waals surface area (Å²) in [7, 11) is 0. The van der Waals surface area contributed by atoms with Gasteiger partial charge in [0.05, 0.1) is 11.6 Å². The third-order valence-electron chi connectivity index (χ3n) is 2.91. The van der Waals surface area contributed by atoms with Gasteiger partial charge in [0, 0.05) is 5.02 Å². The van der Waals surface area contributed by atoms with Crippen molar-refractivity contribution in [3.05, 3.63) is 28.2 Å². The predicted molar refractivity (Wildman–Crippen MR) is 73.5 cm³/mol. The van der Waals surface area contributed by atoms with E-state index in [2.05, 4.69) is 0 Å². The molecule has 1 aliphatic rings. The fourth-order valence-corrected chi connectivity index (χ4v) is 2.10. The number of rotatable bonds is 4. The van der Waals surface area contributed by atoms with Crippen molar-refractivity contribution < 1.29 is 19.2 Å². The van der Waals surface area contributed by atoms with E-state index in [1.807, 2.05) is 0 Å². The molecule has 1 aromatic rings. The lowest BCUT2D eigenvalue weighted by Crippen LogP contribution is -2.34. The number of amides is 1. The molecule has 20 heavy (non-hydrogen) atoms. The predicted octanol–water partition coefficient (Wildman–Crippen LogP) is 2.70. The number of hydroxylamine groups is 2. The second-order valence-corrected chi connectivity index (χ2v) is 5.68. The van der Waals surface area contributed by atoms with Crippen molar-refractivity contribution in [1.82, 2.24) is 5.06 Å². The number of ether oxygens (including phenoxy) is 1. The van der Waals surface area contributed by atoms with E-state index >= 15 is 0 Å². The minimum absolute atomic E-state index is 0.132. The minimum atomic E-state index is -1.14. The number of nitrogens with zero attached hydrogens (tertiary/aromatic N) is 1. The zero-order valence-corrected chi connectivity index (χ0v) is 12.5. The summed E-state index contributed by atoms with van der Waals surface area (Å²) < 4.78 is 5.43. The summed E-state index contributed by atoms with van der Waals surface area (Å²) in [6.07, 6.45) is 0. The Morgan fingerprint density at radius 1 is 1.30 bits per heavy atom. The molecule has 0 atom stereocenters. The minimum Gasteiger partial charge on any atom is -0.490 e. The van der Waals surface area contributed by atoms with Crippen LogP contribution in [-0.4, -0.2) is 30.1 Å². The Bertz CT molecular complexity index is 559. The monoisotopic (exact) mass is 317 g/mol. The molecule has 1 aromatic carbocycles. The van der Waals surface area contributed by atoms with Crippen molar-refractivity contribution in [2.24, 2.45) is 5.41 Å². The maximum absolute atomic E-state index is 11.9. The Kier molecular flexibility index (Phi) is 4.11. The highest BCUT2D eigenvalue weighted by molar-refractivity contribution is 6.35. The quantitative estimate of drug-likeness (QED) is 0.801. The first-order valence-corrected chi connectivity index (χ1v) is 6.70. The van der Waals surface area contributed by atoms with E-state index in [4.69, 9.17) is 32.8 Å². The van der Waals surface area contributed by atoms with Gasteiger partial charge < -0.3 is 9.57 Å². The van der Waals surface area contributed by atoms with Crippen molar-refractivity contribution in [2.75, 3.05) is 13.2 Å². The topological polar surface area (TPSA) is 55.8 Å². The molecule has 0 aliphatic carbocycles. The molecule has 0 saturated carbocycles. The molecule has 108 valence electrons. The first-order valence-electron chi connectivity index (χ1n) is 5.94.